The van der Waals surface area contributed by atoms with Gasteiger partial charge in [0.1, 0.15) is 18.7 Å². The smallest absolute Gasteiger partial charge is 0.416 e. The minimum absolute atomic E-state index is 0.0471. The highest BCUT2D eigenvalue weighted by atomic mass is 19.4. The first-order chi connectivity index (χ1) is 27.5. The molecule has 7 rings (SSSR count). The zero-order chi connectivity index (χ0) is 39.9. The molecule has 298 valence electrons. The molecule has 4 aromatic rings. The van der Waals surface area contributed by atoms with Crippen LogP contribution in [0.2, 0.25) is 0 Å². The van der Waals surface area contributed by atoms with Crippen molar-refractivity contribution in [3.8, 4) is 0 Å². The van der Waals surface area contributed by atoms with Gasteiger partial charge in [-0.3, -0.25) is 24.2 Å². The maximum absolute atomic E-state index is 14.5. The van der Waals surface area contributed by atoms with Crippen molar-refractivity contribution in [3.05, 3.63) is 143 Å². The van der Waals surface area contributed by atoms with Crippen LogP contribution >= 0.6 is 0 Å². The second-order valence-corrected chi connectivity index (χ2v) is 14.9. The first-order valence-electron chi connectivity index (χ1n) is 19.4. The lowest BCUT2D eigenvalue weighted by atomic mass is 9.84. The molecule has 0 aromatic heterocycles. The lowest BCUT2D eigenvalue weighted by Crippen LogP contribution is -2.75. The second kappa shape index (κ2) is 17.6. The molecular formula is C44H46F3N5O5. The van der Waals surface area contributed by atoms with Crippen molar-refractivity contribution >= 4 is 23.8 Å². The number of carbonyl (C=O) groups excluding carboxylic acids is 4. The zero-order valence-electron chi connectivity index (χ0n) is 31.4. The van der Waals surface area contributed by atoms with E-state index in [9.17, 15) is 32.3 Å². The Morgan fingerprint density at radius 2 is 1.44 bits per heavy atom. The van der Waals surface area contributed by atoms with Gasteiger partial charge in [0, 0.05) is 32.2 Å². The second-order valence-electron chi connectivity index (χ2n) is 14.9. The molecule has 0 spiro atoms. The van der Waals surface area contributed by atoms with E-state index in [1.54, 1.807) is 0 Å². The SMILES string of the molecule is O=C(C[C@@H](C(=O)NCc1cccc(C(F)(F)F)c1)N1C(=O)[C@@H](N2C(=O)OC[C@@H]2c2ccccc2)[C@H]1CCc1ccccc1)NC1CCN(Cc2ccccc2)CC1. The molecule has 0 saturated carbocycles. The van der Waals surface area contributed by atoms with E-state index in [0.29, 0.717) is 25.7 Å². The van der Waals surface area contributed by atoms with Gasteiger partial charge in [-0.25, -0.2) is 4.79 Å². The molecule has 0 radical (unpaired) electrons. The Labute approximate surface area is 330 Å². The summed E-state index contributed by atoms with van der Waals surface area (Å²) in [4.78, 5) is 61.0. The molecule has 3 fully saturated rings. The molecule has 3 aliphatic rings. The number of alkyl halides is 3. The summed E-state index contributed by atoms with van der Waals surface area (Å²) in [7, 11) is 0. The van der Waals surface area contributed by atoms with Crippen molar-refractivity contribution in [3.63, 3.8) is 0 Å². The fourth-order valence-electron chi connectivity index (χ4n) is 8.19. The molecule has 4 aromatic carbocycles. The van der Waals surface area contributed by atoms with Crippen LogP contribution in [0.3, 0.4) is 0 Å². The number of nitrogens with one attached hydrogen (secondary N) is 2. The molecule has 0 aliphatic carbocycles. The molecule has 4 atom stereocenters. The average molecular weight is 782 g/mol. The lowest BCUT2D eigenvalue weighted by Gasteiger charge is -2.53. The quantitative estimate of drug-likeness (QED) is 0.146. The Kier molecular flexibility index (Phi) is 12.2. The highest BCUT2D eigenvalue weighted by Crippen LogP contribution is 2.40. The van der Waals surface area contributed by atoms with Crippen LogP contribution in [0.5, 0.6) is 0 Å². The third-order valence-corrected chi connectivity index (χ3v) is 11.1. The van der Waals surface area contributed by atoms with Crippen LogP contribution in [0.25, 0.3) is 0 Å². The van der Waals surface area contributed by atoms with Crippen molar-refractivity contribution in [2.45, 2.75) is 81.6 Å². The third kappa shape index (κ3) is 9.48. The number of β-lactam (4-membered cyclic amide) rings is 1. The van der Waals surface area contributed by atoms with Gasteiger partial charge >= 0.3 is 12.3 Å². The number of nitrogens with zero attached hydrogens (tertiary/aromatic N) is 3. The van der Waals surface area contributed by atoms with E-state index < -0.39 is 59.7 Å². The molecule has 3 saturated heterocycles. The minimum Gasteiger partial charge on any atom is -0.447 e. The predicted octanol–water partition coefficient (Wildman–Crippen LogP) is 6.27. The van der Waals surface area contributed by atoms with Crippen LogP contribution in [-0.2, 0) is 44.8 Å². The number of ether oxygens (including phenoxy) is 1. The van der Waals surface area contributed by atoms with Crippen molar-refractivity contribution < 1.29 is 37.1 Å². The molecule has 3 aliphatic heterocycles. The molecule has 3 heterocycles. The van der Waals surface area contributed by atoms with Gasteiger partial charge in [0.15, 0.2) is 0 Å². The molecule has 57 heavy (non-hydrogen) atoms. The maximum atomic E-state index is 14.5. The topological polar surface area (TPSA) is 111 Å². The van der Waals surface area contributed by atoms with E-state index in [-0.39, 0.29) is 31.2 Å². The van der Waals surface area contributed by atoms with Crippen LogP contribution in [0.15, 0.2) is 115 Å². The van der Waals surface area contributed by atoms with Gasteiger partial charge in [-0.2, -0.15) is 13.2 Å². The summed E-state index contributed by atoms with van der Waals surface area (Å²) in [6, 6.07) is 30.0. The standard InChI is InChI=1S/C44H46F3N5O5/c45-44(46,47)34-18-10-15-32(25-34)27-48-41(54)37(26-39(53)49-35-21-23-50(24-22-35)28-31-13-6-2-7-14-31)51-36(20-19-30-11-4-1-5-12-30)40(42(51)55)52-38(29-57-43(52)56)33-16-8-3-9-17-33/h1-18,25,35-38,40H,19-24,26-29H2,(H,48,54)(H,49,53)/t36-,37+,38-,40+/m1/s1. The molecule has 4 amide bonds. The van der Waals surface area contributed by atoms with Gasteiger partial charge in [0.2, 0.25) is 17.7 Å². The monoisotopic (exact) mass is 781 g/mol. The van der Waals surface area contributed by atoms with E-state index in [0.717, 1.165) is 42.9 Å². The summed E-state index contributed by atoms with van der Waals surface area (Å²) < 4.78 is 46.0. The number of cyclic esters (lactones) is 1. The normalized spacial score (nSPS) is 20.8. The van der Waals surface area contributed by atoms with Crippen LogP contribution in [0, 0.1) is 0 Å². The van der Waals surface area contributed by atoms with Gasteiger partial charge in [-0.1, -0.05) is 103 Å². The van der Waals surface area contributed by atoms with Crippen molar-refractivity contribution in [1.29, 1.82) is 0 Å². The third-order valence-electron chi connectivity index (χ3n) is 11.1. The Hall–Kier alpha value is -5.69. The summed E-state index contributed by atoms with van der Waals surface area (Å²) in [5, 5.41) is 5.80. The van der Waals surface area contributed by atoms with E-state index >= 15 is 0 Å². The lowest BCUT2D eigenvalue weighted by molar-refractivity contribution is -0.168. The molecule has 0 unspecified atom stereocenters. The van der Waals surface area contributed by atoms with Crippen LogP contribution < -0.4 is 10.6 Å². The molecule has 13 heteroatoms. The molecule has 2 N–H and O–H groups in total. The summed E-state index contributed by atoms with van der Waals surface area (Å²) in [5.74, 6) is -1.61. The Balaban J connectivity index is 1.12. The minimum atomic E-state index is -4.57. The Morgan fingerprint density at radius 3 is 2.11 bits per heavy atom. The van der Waals surface area contributed by atoms with E-state index in [4.69, 9.17) is 4.74 Å². The molecular weight excluding hydrogens is 736 g/mol. The maximum Gasteiger partial charge on any atom is 0.416 e. The predicted molar refractivity (Wildman–Crippen MR) is 206 cm³/mol. The van der Waals surface area contributed by atoms with Crippen LogP contribution in [-0.4, -0.2) is 82.4 Å². The first kappa shape index (κ1) is 39.5. The summed E-state index contributed by atoms with van der Waals surface area (Å²) in [6.45, 7) is 2.13. The number of aryl methyl sites for hydroxylation is 1. The van der Waals surface area contributed by atoms with Gasteiger partial charge in [0.05, 0.1) is 24.1 Å². The van der Waals surface area contributed by atoms with E-state index in [1.807, 2.05) is 78.9 Å². The van der Waals surface area contributed by atoms with Crippen LogP contribution in [0.1, 0.15) is 59.5 Å². The highest BCUT2D eigenvalue weighted by Gasteiger charge is 2.58. The number of hydrogen-bond acceptors (Lipinski definition) is 6. The van der Waals surface area contributed by atoms with Crippen molar-refractivity contribution in [1.82, 2.24) is 25.3 Å². The summed E-state index contributed by atoms with van der Waals surface area (Å²) in [5.41, 5.74) is 2.34. The summed E-state index contributed by atoms with van der Waals surface area (Å²) in [6.07, 6.45) is -3.31. The fraction of sp³-hybridized carbons (Fsp3) is 0.364. The number of benzene rings is 4. The van der Waals surface area contributed by atoms with Gasteiger partial charge < -0.3 is 20.3 Å². The number of hydrogen-bond donors (Lipinski definition) is 2. The number of amides is 4. The highest BCUT2D eigenvalue weighted by molar-refractivity contribution is 5.99. The van der Waals surface area contributed by atoms with E-state index in [1.165, 1.54) is 27.5 Å². The average Bonchev–Trinajstić information content (AvgIpc) is 3.59. The van der Waals surface area contributed by atoms with Crippen LogP contribution in [0.4, 0.5) is 18.0 Å². The van der Waals surface area contributed by atoms with E-state index in [2.05, 4.69) is 27.7 Å². The van der Waals surface area contributed by atoms with Gasteiger partial charge in [-0.05, 0) is 60.1 Å². The Bertz CT molecular complexity index is 2010. The van der Waals surface area contributed by atoms with Gasteiger partial charge in [-0.15, -0.1) is 0 Å². The fourth-order valence-corrected chi connectivity index (χ4v) is 8.19. The van der Waals surface area contributed by atoms with Crippen molar-refractivity contribution in [2.75, 3.05) is 19.7 Å². The first-order valence-corrected chi connectivity index (χ1v) is 19.4. The number of halogens is 3. The largest absolute Gasteiger partial charge is 0.447 e. The Morgan fingerprint density at radius 1 is 0.807 bits per heavy atom. The molecule has 10 nitrogen and oxygen atoms in total. The zero-order valence-corrected chi connectivity index (χ0v) is 31.4. The number of piperidine rings is 1. The van der Waals surface area contributed by atoms with Crippen molar-refractivity contribution in [2.24, 2.45) is 0 Å². The molecule has 0 bridgehead atoms. The number of carbonyl (C=O) groups is 4. The number of likely N-dealkylation sites (tertiary alicyclic amines) is 2. The summed E-state index contributed by atoms with van der Waals surface area (Å²) >= 11 is 0. The van der Waals surface area contributed by atoms with Gasteiger partial charge in [0.25, 0.3) is 0 Å². The number of rotatable bonds is 14.